The fraction of sp³-hybridized carbons (Fsp3) is 0.188. The smallest absolute Gasteiger partial charge is 0.139 e. The summed E-state index contributed by atoms with van der Waals surface area (Å²) in [5.74, 6) is 1.06. The molecule has 94 valence electrons. The van der Waals surface area contributed by atoms with E-state index in [0.29, 0.717) is 0 Å². The van der Waals surface area contributed by atoms with Crippen molar-refractivity contribution >= 4 is 16.9 Å². The Morgan fingerprint density at radius 3 is 2.84 bits per heavy atom. The molecule has 3 aromatic rings. The van der Waals surface area contributed by atoms with Gasteiger partial charge in [-0.05, 0) is 35.7 Å². The fourth-order valence-electron chi connectivity index (χ4n) is 2.79. The van der Waals surface area contributed by atoms with E-state index >= 15 is 0 Å². The summed E-state index contributed by atoms with van der Waals surface area (Å²) in [6.45, 7) is 1.99. The Bertz CT molecular complexity index is 729. The van der Waals surface area contributed by atoms with E-state index in [-0.39, 0.29) is 0 Å². The van der Waals surface area contributed by atoms with Crippen molar-refractivity contribution in [2.75, 3.05) is 11.4 Å². The number of hydrogen-bond donors (Lipinski definition) is 1. The van der Waals surface area contributed by atoms with E-state index in [1.807, 2.05) is 6.20 Å². The first kappa shape index (κ1) is 10.6. The summed E-state index contributed by atoms with van der Waals surface area (Å²) in [5.41, 5.74) is 3.86. The molecule has 0 fully saturated rings. The molecule has 1 aliphatic rings. The molecule has 19 heavy (non-hydrogen) atoms. The predicted molar refractivity (Wildman–Crippen MR) is 77.3 cm³/mol. The van der Waals surface area contributed by atoms with E-state index in [1.165, 1.54) is 16.5 Å². The third-order valence-corrected chi connectivity index (χ3v) is 3.85. The lowest BCUT2D eigenvalue weighted by atomic mass is 10.00. The molecular formula is C16H15N3. The summed E-state index contributed by atoms with van der Waals surface area (Å²) in [6, 6.07) is 15.0. The van der Waals surface area contributed by atoms with E-state index < -0.39 is 0 Å². The van der Waals surface area contributed by atoms with Crippen molar-refractivity contribution in [2.24, 2.45) is 0 Å². The van der Waals surface area contributed by atoms with E-state index in [9.17, 15) is 0 Å². The number of nitrogens with one attached hydrogen (secondary N) is 1. The van der Waals surface area contributed by atoms with Crippen molar-refractivity contribution in [3.05, 3.63) is 59.8 Å². The zero-order valence-corrected chi connectivity index (χ0v) is 10.6. The van der Waals surface area contributed by atoms with Gasteiger partial charge in [0.2, 0.25) is 0 Å². The van der Waals surface area contributed by atoms with Crippen LogP contribution in [0.5, 0.6) is 0 Å². The van der Waals surface area contributed by atoms with Gasteiger partial charge in [0.05, 0.1) is 0 Å². The number of anilines is 1. The van der Waals surface area contributed by atoms with Crippen molar-refractivity contribution in [2.45, 2.75) is 13.0 Å². The number of H-pyrrole nitrogens is 1. The van der Waals surface area contributed by atoms with Gasteiger partial charge in [-0.25, -0.2) is 4.98 Å². The van der Waals surface area contributed by atoms with Crippen LogP contribution in [0.4, 0.5) is 5.82 Å². The number of rotatable bonds is 1. The third kappa shape index (κ3) is 1.78. The number of hydrogen-bond acceptors (Lipinski definition) is 2. The SMILES string of the molecule is c1ccc2c(c1)CCN(c1ccc3cc[nH]c3n1)C2. The highest BCUT2D eigenvalue weighted by Gasteiger charge is 2.17. The number of nitrogens with zero attached hydrogens (tertiary/aromatic N) is 2. The second-order valence-corrected chi connectivity index (χ2v) is 5.03. The maximum absolute atomic E-state index is 4.70. The molecule has 0 aliphatic carbocycles. The molecule has 0 atom stereocenters. The van der Waals surface area contributed by atoms with Crippen molar-refractivity contribution in [1.82, 2.24) is 9.97 Å². The first-order chi connectivity index (χ1) is 9.40. The molecule has 3 nitrogen and oxygen atoms in total. The highest BCUT2D eigenvalue weighted by molar-refractivity contribution is 5.77. The quantitative estimate of drug-likeness (QED) is 0.718. The van der Waals surface area contributed by atoms with Crippen LogP contribution in [0.3, 0.4) is 0 Å². The van der Waals surface area contributed by atoms with Gasteiger partial charge >= 0.3 is 0 Å². The summed E-state index contributed by atoms with van der Waals surface area (Å²) in [6.07, 6.45) is 3.04. The second kappa shape index (κ2) is 4.12. The van der Waals surface area contributed by atoms with Gasteiger partial charge in [0.1, 0.15) is 11.5 Å². The number of fused-ring (bicyclic) bond motifs is 2. The van der Waals surface area contributed by atoms with Gasteiger partial charge < -0.3 is 9.88 Å². The van der Waals surface area contributed by atoms with Crippen molar-refractivity contribution in [1.29, 1.82) is 0 Å². The minimum atomic E-state index is 0.954. The van der Waals surface area contributed by atoms with Gasteiger partial charge in [-0.1, -0.05) is 24.3 Å². The standard InChI is InChI=1S/C16H15N3/c1-2-4-14-11-19(10-8-12(14)3-1)15-6-5-13-7-9-17-16(13)18-15/h1-7,9H,8,10-11H2,(H,17,18). The summed E-state index contributed by atoms with van der Waals surface area (Å²) in [7, 11) is 0. The Morgan fingerprint density at radius 1 is 1.00 bits per heavy atom. The second-order valence-electron chi connectivity index (χ2n) is 5.03. The Morgan fingerprint density at radius 2 is 1.89 bits per heavy atom. The lowest BCUT2D eigenvalue weighted by Gasteiger charge is -2.29. The van der Waals surface area contributed by atoms with Gasteiger partial charge in [0.25, 0.3) is 0 Å². The number of aromatic amines is 1. The predicted octanol–water partition coefficient (Wildman–Crippen LogP) is 3.13. The average molecular weight is 249 g/mol. The first-order valence-electron chi connectivity index (χ1n) is 6.66. The van der Waals surface area contributed by atoms with Gasteiger partial charge in [0, 0.05) is 24.7 Å². The van der Waals surface area contributed by atoms with Crippen LogP contribution in [0.1, 0.15) is 11.1 Å². The normalized spacial score (nSPS) is 14.6. The van der Waals surface area contributed by atoms with Crippen molar-refractivity contribution < 1.29 is 0 Å². The highest BCUT2D eigenvalue weighted by Crippen LogP contribution is 2.24. The van der Waals surface area contributed by atoms with E-state index in [1.54, 1.807) is 0 Å². The molecule has 0 saturated carbocycles. The fourth-order valence-corrected chi connectivity index (χ4v) is 2.79. The summed E-state index contributed by atoms with van der Waals surface area (Å²) < 4.78 is 0. The van der Waals surface area contributed by atoms with Crippen LogP contribution in [0.15, 0.2) is 48.7 Å². The molecule has 1 N–H and O–H groups in total. The first-order valence-corrected chi connectivity index (χ1v) is 6.66. The molecule has 0 amide bonds. The van der Waals surface area contributed by atoms with Crippen LogP contribution in [-0.2, 0) is 13.0 Å². The topological polar surface area (TPSA) is 31.9 Å². The lowest BCUT2D eigenvalue weighted by molar-refractivity contribution is 0.722. The highest BCUT2D eigenvalue weighted by atomic mass is 15.2. The Labute approximate surface area is 111 Å². The number of pyridine rings is 1. The van der Waals surface area contributed by atoms with Crippen molar-refractivity contribution in [3.63, 3.8) is 0 Å². The number of aromatic nitrogens is 2. The van der Waals surface area contributed by atoms with Crippen LogP contribution in [0, 0.1) is 0 Å². The maximum atomic E-state index is 4.70. The Balaban J connectivity index is 1.70. The van der Waals surface area contributed by atoms with Crippen LogP contribution in [0.2, 0.25) is 0 Å². The zero-order chi connectivity index (χ0) is 12.7. The largest absolute Gasteiger partial charge is 0.352 e. The van der Waals surface area contributed by atoms with Crippen LogP contribution in [0.25, 0.3) is 11.0 Å². The lowest BCUT2D eigenvalue weighted by Crippen LogP contribution is -2.30. The monoisotopic (exact) mass is 249 g/mol. The van der Waals surface area contributed by atoms with Crippen molar-refractivity contribution in [3.8, 4) is 0 Å². The minimum absolute atomic E-state index is 0.954. The van der Waals surface area contributed by atoms with Gasteiger partial charge in [-0.15, -0.1) is 0 Å². The molecule has 2 aromatic heterocycles. The molecule has 3 heteroatoms. The molecule has 0 unspecified atom stereocenters. The molecular weight excluding hydrogens is 234 g/mol. The van der Waals surface area contributed by atoms with E-state index in [0.717, 1.165) is 31.0 Å². The third-order valence-electron chi connectivity index (χ3n) is 3.85. The minimum Gasteiger partial charge on any atom is -0.352 e. The van der Waals surface area contributed by atoms with Gasteiger partial charge in [0.15, 0.2) is 0 Å². The summed E-state index contributed by atoms with van der Waals surface area (Å²) in [4.78, 5) is 10.2. The number of benzene rings is 1. The van der Waals surface area contributed by atoms with E-state index in [4.69, 9.17) is 4.98 Å². The average Bonchev–Trinajstić information content (AvgIpc) is 2.94. The van der Waals surface area contributed by atoms with Crippen LogP contribution >= 0.6 is 0 Å². The van der Waals surface area contributed by atoms with E-state index in [2.05, 4.69) is 52.3 Å². The van der Waals surface area contributed by atoms with Gasteiger partial charge in [-0.3, -0.25) is 0 Å². The molecule has 1 aliphatic heterocycles. The summed E-state index contributed by atoms with van der Waals surface area (Å²) in [5, 5.41) is 1.17. The Hall–Kier alpha value is -2.29. The summed E-state index contributed by atoms with van der Waals surface area (Å²) >= 11 is 0. The van der Waals surface area contributed by atoms with Crippen LogP contribution < -0.4 is 4.90 Å². The zero-order valence-electron chi connectivity index (χ0n) is 10.6. The molecule has 0 radical (unpaired) electrons. The molecule has 0 bridgehead atoms. The molecule has 4 rings (SSSR count). The maximum Gasteiger partial charge on any atom is 0.139 e. The molecule has 1 aromatic carbocycles. The Kier molecular flexibility index (Phi) is 2.30. The molecule has 0 spiro atoms. The van der Waals surface area contributed by atoms with Gasteiger partial charge in [-0.2, -0.15) is 0 Å². The van der Waals surface area contributed by atoms with Crippen LogP contribution in [-0.4, -0.2) is 16.5 Å². The molecule has 3 heterocycles. The molecule has 0 saturated heterocycles.